The van der Waals surface area contributed by atoms with Crippen LogP contribution in [0, 0.1) is 0 Å². The molecule has 0 fully saturated rings. The Bertz CT molecular complexity index is 2120. The molecule has 0 unspecified atom stereocenters. The molecule has 7 aromatic rings. The summed E-state index contributed by atoms with van der Waals surface area (Å²) in [5.74, 6) is 0. The number of fused-ring (bicyclic) bond motifs is 6. The van der Waals surface area contributed by atoms with E-state index in [0.717, 1.165) is 10.7 Å². The summed E-state index contributed by atoms with van der Waals surface area (Å²) < 4.78 is 2.41. The van der Waals surface area contributed by atoms with Gasteiger partial charge in [-0.15, -0.1) is 0 Å². The van der Waals surface area contributed by atoms with Gasteiger partial charge in [0.15, 0.2) is 0 Å². The fourth-order valence-electron chi connectivity index (χ4n) is 6.85. The van der Waals surface area contributed by atoms with Gasteiger partial charge in [0, 0.05) is 26.9 Å². The van der Waals surface area contributed by atoms with E-state index in [-0.39, 0.29) is 5.41 Å². The Morgan fingerprint density at radius 2 is 1.17 bits per heavy atom. The van der Waals surface area contributed by atoms with E-state index in [1.54, 1.807) is 0 Å². The highest BCUT2D eigenvalue weighted by Crippen LogP contribution is 2.50. The molecule has 0 saturated carbocycles. The van der Waals surface area contributed by atoms with Gasteiger partial charge in [0.2, 0.25) is 0 Å². The molecule has 0 bridgehead atoms. The van der Waals surface area contributed by atoms with E-state index in [4.69, 9.17) is 11.6 Å². The molecule has 2 heteroatoms. The summed E-state index contributed by atoms with van der Waals surface area (Å²) in [6.45, 7) is 4.61. The maximum atomic E-state index is 6.42. The number of halogens is 1. The summed E-state index contributed by atoms with van der Waals surface area (Å²) in [5, 5.41) is 3.33. The van der Waals surface area contributed by atoms with Crippen LogP contribution >= 0.6 is 11.6 Å². The van der Waals surface area contributed by atoms with Crippen LogP contribution in [0.1, 0.15) is 25.0 Å². The van der Waals surface area contributed by atoms with Gasteiger partial charge < -0.3 is 4.57 Å². The first-order valence-electron chi connectivity index (χ1n) is 14.1. The number of benzene rings is 6. The van der Waals surface area contributed by atoms with Crippen molar-refractivity contribution in [3.8, 4) is 39.1 Å². The Kier molecular flexibility index (Phi) is 5.29. The maximum absolute atomic E-state index is 6.42. The van der Waals surface area contributed by atoms with Crippen LogP contribution in [0.3, 0.4) is 0 Å². The highest BCUT2D eigenvalue weighted by Gasteiger charge is 2.35. The predicted molar refractivity (Wildman–Crippen MR) is 174 cm³/mol. The zero-order valence-electron chi connectivity index (χ0n) is 23.0. The van der Waals surface area contributed by atoms with Gasteiger partial charge in [-0.1, -0.05) is 116 Å². The van der Waals surface area contributed by atoms with Crippen molar-refractivity contribution in [1.82, 2.24) is 4.57 Å². The molecule has 0 atom stereocenters. The van der Waals surface area contributed by atoms with E-state index >= 15 is 0 Å². The third kappa shape index (κ3) is 3.63. The zero-order chi connectivity index (χ0) is 27.7. The predicted octanol–water partition coefficient (Wildman–Crippen LogP) is 11.1. The van der Waals surface area contributed by atoms with Crippen molar-refractivity contribution in [1.29, 1.82) is 0 Å². The molecule has 8 rings (SSSR count). The minimum atomic E-state index is -0.112. The highest BCUT2D eigenvalue weighted by molar-refractivity contribution is 6.30. The van der Waals surface area contributed by atoms with E-state index in [2.05, 4.69) is 146 Å². The molecule has 1 aliphatic rings. The van der Waals surface area contributed by atoms with Crippen LogP contribution in [0.5, 0.6) is 0 Å². The van der Waals surface area contributed by atoms with Gasteiger partial charge >= 0.3 is 0 Å². The lowest BCUT2D eigenvalue weighted by Gasteiger charge is -2.22. The van der Waals surface area contributed by atoms with Crippen LogP contribution in [-0.2, 0) is 5.41 Å². The Morgan fingerprint density at radius 3 is 1.95 bits per heavy atom. The molecule has 0 aliphatic heterocycles. The van der Waals surface area contributed by atoms with Crippen LogP contribution in [0.2, 0.25) is 5.02 Å². The average molecular weight is 546 g/mol. The molecule has 1 aliphatic carbocycles. The summed E-state index contributed by atoms with van der Waals surface area (Å²) in [7, 11) is 0. The molecular weight excluding hydrogens is 518 g/mol. The molecule has 1 aromatic heterocycles. The number of hydrogen-bond acceptors (Lipinski definition) is 0. The Morgan fingerprint density at radius 1 is 0.512 bits per heavy atom. The van der Waals surface area contributed by atoms with Gasteiger partial charge in [-0.3, -0.25) is 0 Å². The SMILES string of the molecule is CC1(C)c2cc(Cl)ccc2-c2ccc(-c3ccc4c5c(-c6ccccc6)cccc5n(-c5ccccc5)c4c3)cc21. The lowest BCUT2D eigenvalue weighted by Crippen LogP contribution is -2.15. The van der Waals surface area contributed by atoms with Crippen LogP contribution in [0.4, 0.5) is 0 Å². The Labute approximate surface area is 245 Å². The first-order valence-corrected chi connectivity index (χ1v) is 14.5. The second-order valence-corrected chi connectivity index (χ2v) is 12.0. The molecule has 196 valence electrons. The van der Waals surface area contributed by atoms with Gasteiger partial charge in [-0.25, -0.2) is 0 Å². The highest BCUT2D eigenvalue weighted by atomic mass is 35.5. The lowest BCUT2D eigenvalue weighted by atomic mass is 9.81. The van der Waals surface area contributed by atoms with Crippen molar-refractivity contribution in [2.45, 2.75) is 19.3 Å². The molecule has 1 nitrogen and oxygen atoms in total. The van der Waals surface area contributed by atoms with Crippen molar-refractivity contribution < 1.29 is 0 Å². The van der Waals surface area contributed by atoms with E-state index < -0.39 is 0 Å². The summed E-state index contributed by atoms with van der Waals surface area (Å²) in [6.07, 6.45) is 0. The fourth-order valence-corrected chi connectivity index (χ4v) is 7.02. The Balaban J connectivity index is 1.37. The van der Waals surface area contributed by atoms with Crippen molar-refractivity contribution in [2.24, 2.45) is 0 Å². The van der Waals surface area contributed by atoms with Gasteiger partial charge in [-0.2, -0.15) is 0 Å². The molecule has 6 aromatic carbocycles. The Hall–Kier alpha value is -4.59. The van der Waals surface area contributed by atoms with E-state index in [9.17, 15) is 0 Å². The number of para-hydroxylation sites is 1. The normalized spacial score (nSPS) is 13.4. The molecular formula is C39H28ClN. The summed E-state index contributed by atoms with van der Waals surface area (Å²) in [4.78, 5) is 0. The average Bonchev–Trinajstić information content (AvgIpc) is 3.46. The summed E-state index contributed by atoms with van der Waals surface area (Å²) >= 11 is 6.42. The molecule has 41 heavy (non-hydrogen) atoms. The summed E-state index contributed by atoms with van der Waals surface area (Å²) in [5.41, 5.74) is 13.6. The lowest BCUT2D eigenvalue weighted by molar-refractivity contribution is 0.660. The monoisotopic (exact) mass is 545 g/mol. The van der Waals surface area contributed by atoms with Crippen LogP contribution in [0.15, 0.2) is 133 Å². The topological polar surface area (TPSA) is 4.93 Å². The zero-order valence-corrected chi connectivity index (χ0v) is 23.8. The largest absolute Gasteiger partial charge is 0.309 e. The number of nitrogens with zero attached hydrogens (tertiary/aromatic N) is 1. The molecule has 0 radical (unpaired) electrons. The molecule has 0 saturated heterocycles. The first-order chi connectivity index (χ1) is 20.0. The first kappa shape index (κ1) is 24.2. The third-order valence-electron chi connectivity index (χ3n) is 8.86. The number of aromatic nitrogens is 1. The summed E-state index contributed by atoms with van der Waals surface area (Å²) in [6, 6.07) is 48.3. The van der Waals surface area contributed by atoms with Gasteiger partial charge in [0.1, 0.15) is 0 Å². The molecule has 0 spiro atoms. The minimum absolute atomic E-state index is 0.112. The quantitative estimate of drug-likeness (QED) is 0.208. The smallest absolute Gasteiger partial charge is 0.0547 e. The second-order valence-electron chi connectivity index (χ2n) is 11.5. The van der Waals surface area contributed by atoms with E-state index in [1.807, 2.05) is 6.07 Å². The second kappa shape index (κ2) is 8.96. The van der Waals surface area contributed by atoms with E-state index in [0.29, 0.717) is 0 Å². The van der Waals surface area contributed by atoms with Crippen molar-refractivity contribution in [2.75, 3.05) is 0 Å². The number of rotatable bonds is 3. The van der Waals surface area contributed by atoms with Crippen molar-refractivity contribution >= 4 is 33.4 Å². The van der Waals surface area contributed by atoms with Gasteiger partial charge in [0.05, 0.1) is 11.0 Å². The fraction of sp³-hybridized carbons (Fsp3) is 0.0769. The third-order valence-corrected chi connectivity index (χ3v) is 9.10. The van der Waals surface area contributed by atoms with Gasteiger partial charge in [0.25, 0.3) is 0 Å². The van der Waals surface area contributed by atoms with Crippen LogP contribution < -0.4 is 0 Å². The standard InChI is InChI=1S/C39H28ClN/c1-39(2)34-22-26(16-19-31(34)32-21-18-28(40)24-35(32)39)27-17-20-33-37(23-27)41(29-12-7-4-8-13-29)36-15-9-14-30(38(33)36)25-10-5-3-6-11-25/h3-24H,1-2H3. The van der Waals surface area contributed by atoms with Crippen molar-refractivity contribution in [3.63, 3.8) is 0 Å². The molecule has 0 N–H and O–H groups in total. The minimum Gasteiger partial charge on any atom is -0.309 e. The van der Waals surface area contributed by atoms with Crippen molar-refractivity contribution in [3.05, 3.63) is 150 Å². The van der Waals surface area contributed by atoms with Gasteiger partial charge in [-0.05, 0) is 87.0 Å². The molecule has 1 heterocycles. The van der Waals surface area contributed by atoms with E-state index in [1.165, 1.54) is 66.3 Å². The molecule has 0 amide bonds. The maximum Gasteiger partial charge on any atom is 0.0547 e. The van der Waals surface area contributed by atoms with Crippen LogP contribution in [-0.4, -0.2) is 4.57 Å². The number of hydrogen-bond donors (Lipinski definition) is 0. The van der Waals surface area contributed by atoms with Crippen LogP contribution in [0.25, 0.3) is 60.9 Å².